The molecule has 0 atom stereocenters. The molecule has 0 radical (unpaired) electrons. The van der Waals surface area contributed by atoms with Gasteiger partial charge in [-0.25, -0.2) is 4.99 Å². The zero-order chi connectivity index (χ0) is 7.98. The van der Waals surface area contributed by atoms with Crippen LogP contribution in [0.5, 0.6) is 0 Å². The lowest BCUT2D eigenvalue weighted by Crippen LogP contribution is -1.98. The number of allylic oxidation sites excluding steroid dienone is 3. The van der Waals surface area contributed by atoms with Crippen LogP contribution in [0.1, 0.15) is 13.8 Å². The summed E-state index contributed by atoms with van der Waals surface area (Å²) in [5, 5.41) is 0. The van der Waals surface area contributed by atoms with E-state index in [2.05, 4.69) is 4.99 Å². The van der Waals surface area contributed by atoms with Gasteiger partial charge in [0.25, 0.3) is 0 Å². The number of halogens is 1. The minimum Gasteiger partial charge on any atom is -0.379 e. The second-order valence-electron chi connectivity index (χ2n) is 2.04. The predicted molar refractivity (Wildman–Crippen MR) is 54.2 cm³/mol. The van der Waals surface area contributed by atoms with Crippen LogP contribution in [-0.4, -0.2) is 3.84 Å². The van der Waals surface area contributed by atoms with Gasteiger partial charge in [0.1, 0.15) is 0 Å². The molecule has 0 spiro atoms. The monoisotopic (exact) mass is 250 g/mol. The number of aliphatic imine (C=N–C) groups is 1. The molecule has 0 amide bonds. The molecule has 0 saturated heterocycles. The average molecular weight is 250 g/mol. The standard InChI is InChI=1S/C7H11IN2/c1-6(2)4-3-5-10-7(8)9/h3-5H,1-2H3,(H2,9,10)/b5-3-. The van der Waals surface area contributed by atoms with Crippen LogP contribution in [-0.2, 0) is 0 Å². The van der Waals surface area contributed by atoms with Crippen molar-refractivity contribution in [2.45, 2.75) is 13.8 Å². The highest BCUT2D eigenvalue weighted by Gasteiger charge is 1.72. The van der Waals surface area contributed by atoms with Gasteiger partial charge in [-0.1, -0.05) is 11.6 Å². The number of amidine groups is 1. The molecule has 0 aromatic rings. The Labute approximate surface area is 75.0 Å². The highest BCUT2D eigenvalue weighted by atomic mass is 127. The zero-order valence-corrected chi connectivity index (χ0v) is 8.29. The van der Waals surface area contributed by atoms with Gasteiger partial charge in [-0.15, -0.1) is 0 Å². The highest BCUT2D eigenvalue weighted by molar-refractivity contribution is 14.1. The summed E-state index contributed by atoms with van der Waals surface area (Å²) in [6.07, 6.45) is 5.51. The molecular weight excluding hydrogens is 239 g/mol. The summed E-state index contributed by atoms with van der Waals surface area (Å²) in [7, 11) is 0. The summed E-state index contributed by atoms with van der Waals surface area (Å²) < 4.78 is 0.552. The van der Waals surface area contributed by atoms with E-state index in [-0.39, 0.29) is 0 Å². The molecule has 0 unspecified atom stereocenters. The van der Waals surface area contributed by atoms with E-state index in [1.807, 2.05) is 48.6 Å². The van der Waals surface area contributed by atoms with Gasteiger partial charge in [-0.05, 0) is 42.5 Å². The Morgan fingerprint density at radius 1 is 1.50 bits per heavy atom. The molecule has 0 bridgehead atoms. The van der Waals surface area contributed by atoms with Gasteiger partial charge in [0.2, 0.25) is 0 Å². The molecule has 0 aliphatic carbocycles. The Hall–Kier alpha value is -0.320. The molecule has 2 N–H and O–H groups in total. The van der Waals surface area contributed by atoms with Gasteiger partial charge in [-0.2, -0.15) is 0 Å². The summed E-state index contributed by atoms with van der Waals surface area (Å²) in [4.78, 5) is 3.85. The van der Waals surface area contributed by atoms with Gasteiger partial charge in [0.05, 0.1) is 0 Å². The van der Waals surface area contributed by atoms with Crippen molar-refractivity contribution in [2.75, 3.05) is 0 Å². The van der Waals surface area contributed by atoms with Crippen molar-refractivity contribution in [1.29, 1.82) is 0 Å². The molecule has 0 fully saturated rings. The van der Waals surface area contributed by atoms with Gasteiger partial charge in [-0.3, -0.25) is 0 Å². The Kier molecular flexibility index (Phi) is 5.29. The third-order valence-electron chi connectivity index (χ3n) is 0.713. The van der Waals surface area contributed by atoms with Crippen LogP contribution in [0.4, 0.5) is 0 Å². The quantitative estimate of drug-likeness (QED) is 0.263. The number of nitrogens with two attached hydrogens (primary N) is 1. The lowest BCUT2D eigenvalue weighted by Gasteiger charge is -1.81. The lowest BCUT2D eigenvalue weighted by molar-refractivity contribution is 1.39. The predicted octanol–water partition coefficient (Wildman–Crippen LogP) is 2.22. The van der Waals surface area contributed by atoms with Crippen molar-refractivity contribution in [1.82, 2.24) is 0 Å². The van der Waals surface area contributed by atoms with Gasteiger partial charge in [0.15, 0.2) is 3.84 Å². The normalized spacial score (nSPS) is 12.1. The fourth-order valence-corrected chi connectivity index (χ4v) is 0.511. The van der Waals surface area contributed by atoms with Crippen molar-refractivity contribution in [2.24, 2.45) is 10.7 Å². The van der Waals surface area contributed by atoms with Gasteiger partial charge in [0, 0.05) is 6.20 Å². The maximum Gasteiger partial charge on any atom is 0.161 e. The first-order valence-corrected chi connectivity index (χ1v) is 3.99. The fourth-order valence-electron chi connectivity index (χ4n) is 0.350. The molecule has 0 aromatic heterocycles. The summed E-state index contributed by atoms with van der Waals surface area (Å²) in [6, 6.07) is 0. The van der Waals surface area contributed by atoms with Crippen molar-refractivity contribution >= 4 is 26.4 Å². The molecule has 10 heavy (non-hydrogen) atoms. The Balaban J connectivity index is 3.80. The second kappa shape index (κ2) is 5.46. The lowest BCUT2D eigenvalue weighted by atomic mass is 10.3. The van der Waals surface area contributed by atoms with E-state index in [1.54, 1.807) is 6.20 Å². The van der Waals surface area contributed by atoms with Crippen LogP contribution in [0.3, 0.4) is 0 Å². The molecular formula is C7H11IN2. The van der Waals surface area contributed by atoms with E-state index < -0.39 is 0 Å². The minimum atomic E-state index is 0.552. The van der Waals surface area contributed by atoms with E-state index in [1.165, 1.54) is 5.57 Å². The number of rotatable bonds is 2. The molecule has 0 aromatic carbocycles. The molecule has 0 aliphatic heterocycles. The van der Waals surface area contributed by atoms with Crippen LogP contribution < -0.4 is 5.73 Å². The molecule has 2 nitrogen and oxygen atoms in total. The van der Waals surface area contributed by atoms with Crippen LogP contribution >= 0.6 is 22.6 Å². The number of hydrogen-bond donors (Lipinski definition) is 1. The number of hydrogen-bond acceptors (Lipinski definition) is 1. The first-order chi connectivity index (χ1) is 4.63. The second-order valence-corrected chi connectivity index (χ2v) is 3.14. The van der Waals surface area contributed by atoms with E-state index in [0.29, 0.717) is 3.84 Å². The first-order valence-electron chi connectivity index (χ1n) is 2.91. The smallest absolute Gasteiger partial charge is 0.161 e. The SMILES string of the molecule is CC(C)=C/C=C\N=C(\N)I. The van der Waals surface area contributed by atoms with E-state index in [9.17, 15) is 0 Å². The van der Waals surface area contributed by atoms with Crippen molar-refractivity contribution in [3.8, 4) is 0 Å². The van der Waals surface area contributed by atoms with Crippen LogP contribution in [0.15, 0.2) is 28.9 Å². The molecule has 0 saturated carbocycles. The number of nitrogens with zero attached hydrogens (tertiary/aromatic N) is 1. The third kappa shape index (κ3) is 7.68. The van der Waals surface area contributed by atoms with Crippen molar-refractivity contribution in [3.05, 3.63) is 23.9 Å². The van der Waals surface area contributed by atoms with Crippen LogP contribution in [0.2, 0.25) is 0 Å². The average Bonchev–Trinajstić information content (AvgIpc) is 1.79. The van der Waals surface area contributed by atoms with Gasteiger partial charge < -0.3 is 5.73 Å². The van der Waals surface area contributed by atoms with E-state index in [4.69, 9.17) is 5.73 Å². The zero-order valence-electron chi connectivity index (χ0n) is 6.13. The Bertz CT molecular complexity index is 152. The molecule has 0 rings (SSSR count). The van der Waals surface area contributed by atoms with Crippen molar-refractivity contribution in [3.63, 3.8) is 0 Å². The minimum absolute atomic E-state index is 0.552. The van der Waals surface area contributed by atoms with Crippen molar-refractivity contribution < 1.29 is 0 Å². The molecule has 3 heteroatoms. The summed E-state index contributed by atoms with van der Waals surface area (Å²) in [5.41, 5.74) is 6.52. The maximum absolute atomic E-state index is 5.27. The maximum atomic E-state index is 5.27. The first kappa shape index (κ1) is 9.68. The fraction of sp³-hybridized carbons (Fsp3) is 0.286. The summed E-state index contributed by atoms with van der Waals surface area (Å²) >= 11 is 1.96. The topological polar surface area (TPSA) is 38.4 Å². The van der Waals surface area contributed by atoms with E-state index in [0.717, 1.165) is 0 Å². The Morgan fingerprint density at radius 3 is 2.50 bits per heavy atom. The molecule has 56 valence electrons. The van der Waals surface area contributed by atoms with Crippen LogP contribution in [0.25, 0.3) is 0 Å². The summed E-state index contributed by atoms with van der Waals surface area (Å²) in [6.45, 7) is 4.06. The van der Waals surface area contributed by atoms with E-state index >= 15 is 0 Å². The largest absolute Gasteiger partial charge is 0.379 e. The molecule has 0 aliphatic rings. The third-order valence-corrected chi connectivity index (χ3v) is 0.992. The highest BCUT2D eigenvalue weighted by Crippen LogP contribution is 1.90. The summed E-state index contributed by atoms with van der Waals surface area (Å²) in [5.74, 6) is 0. The molecule has 0 heterocycles. The Morgan fingerprint density at radius 2 is 2.10 bits per heavy atom. The van der Waals surface area contributed by atoms with Gasteiger partial charge >= 0.3 is 0 Å². The van der Waals surface area contributed by atoms with Crippen LogP contribution in [0, 0.1) is 0 Å².